The molecule has 0 aliphatic carbocycles. The van der Waals surface area contributed by atoms with Crippen LogP contribution in [0.4, 0.5) is 0 Å². The van der Waals surface area contributed by atoms with Crippen molar-refractivity contribution in [3.05, 3.63) is 45.2 Å². The molecule has 88 valence electrons. The second kappa shape index (κ2) is 4.59. The molecule has 5 heteroatoms. The van der Waals surface area contributed by atoms with Crippen LogP contribution in [0.3, 0.4) is 0 Å². The number of hydrogen-bond donors (Lipinski definition) is 2. The number of nitrogens with zero attached hydrogens (tertiary/aromatic N) is 1. The van der Waals surface area contributed by atoms with Crippen LogP contribution >= 0.6 is 11.6 Å². The van der Waals surface area contributed by atoms with Gasteiger partial charge in [-0.25, -0.2) is 0 Å². The lowest BCUT2D eigenvalue weighted by molar-refractivity contribution is 0.444. The van der Waals surface area contributed by atoms with Gasteiger partial charge >= 0.3 is 0 Å². The van der Waals surface area contributed by atoms with Crippen molar-refractivity contribution < 1.29 is 5.11 Å². The second-order valence-corrected chi connectivity index (χ2v) is 4.01. The second-order valence-electron chi connectivity index (χ2n) is 3.58. The van der Waals surface area contributed by atoms with Gasteiger partial charge in [-0.15, -0.1) is 0 Å². The quantitative estimate of drug-likeness (QED) is 0.860. The summed E-state index contributed by atoms with van der Waals surface area (Å²) in [5.74, 6) is 0.113. The van der Waals surface area contributed by atoms with Crippen molar-refractivity contribution in [2.24, 2.45) is 0 Å². The monoisotopic (exact) mass is 250 g/mol. The predicted molar refractivity (Wildman–Crippen MR) is 66.3 cm³/mol. The summed E-state index contributed by atoms with van der Waals surface area (Å²) in [4.78, 5) is 18.2. The van der Waals surface area contributed by atoms with E-state index in [1.165, 1.54) is 0 Å². The van der Waals surface area contributed by atoms with Crippen molar-refractivity contribution in [3.8, 4) is 17.3 Å². The van der Waals surface area contributed by atoms with E-state index in [0.717, 1.165) is 0 Å². The fourth-order valence-electron chi connectivity index (χ4n) is 1.55. The molecule has 17 heavy (non-hydrogen) atoms. The highest BCUT2D eigenvalue weighted by Gasteiger charge is 2.09. The van der Waals surface area contributed by atoms with Gasteiger partial charge in [0.25, 0.3) is 5.56 Å². The molecule has 2 aromatic rings. The van der Waals surface area contributed by atoms with E-state index in [2.05, 4.69) is 9.97 Å². The Bertz CT molecular complexity index is 590. The highest BCUT2D eigenvalue weighted by molar-refractivity contribution is 6.30. The van der Waals surface area contributed by atoms with Crippen molar-refractivity contribution in [1.29, 1.82) is 0 Å². The van der Waals surface area contributed by atoms with Gasteiger partial charge in [-0.3, -0.25) is 4.79 Å². The average Bonchev–Trinajstić information content (AvgIpc) is 2.29. The maximum absolute atomic E-state index is 11.7. The van der Waals surface area contributed by atoms with Crippen molar-refractivity contribution >= 4 is 11.6 Å². The third-order valence-electron chi connectivity index (χ3n) is 2.46. The largest absolute Gasteiger partial charge is 0.493 e. The zero-order valence-electron chi connectivity index (χ0n) is 9.20. The van der Waals surface area contributed by atoms with Gasteiger partial charge in [-0.2, -0.15) is 4.98 Å². The Morgan fingerprint density at radius 3 is 2.53 bits per heavy atom. The van der Waals surface area contributed by atoms with Crippen LogP contribution in [0.15, 0.2) is 29.1 Å². The summed E-state index contributed by atoms with van der Waals surface area (Å²) in [6.07, 6.45) is 0.440. The third-order valence-corrected chi connectivity index (χ3v) is 2.72. The van der Waals surface area contributed by atoms with Gasteiger partial charge in [0, 0.05) is 10.6 Å². The summed E-state index contributed by atoms with van der Waals surface area (Å²) in [7, 11) is 0. The van der Waals surface area contributed by atoms with Crippen LogP contribution in [0.2, 0.25) is 5.02 Å². The standard InChI is InChI=1S/C12H11ClN2O2/c1-2-9-11(16)14-10(15-12(9)17)7-3-5-8(13)6-4-7/h3-6H,2H2,1H3,(H2,14,15,16,17). The van der Waals surface area contributed by atoms with Crippen molar-refractivity contribution in [3.63, 3.8) is 0 Å². The highest BCUT2D eigenvalue weighted by atomic mass is 35.5. The smallest absolute Gasteiger partial charge is 0.258 e. The maximum Gasteiger partial charge on any atom is 0.258 e. The minimum atomic E-state index is -0.315. The Hall–Kier alpha value is -1.81. The number of benzene rings is 1. The minimum absolute atomic E-state index is 0.221. The molecule has 0 saturated carbocycles. The number of aromatic hydroxyl groups is 1. The number of aromatic amines is 1. The first-order valence-corrected chi connectivity index (χ1v) is 5.57. The molecule has 1 aromatic heterocycles. The highest BCUT2D eigenvalue weighted by Crippen LogP contribution is 2.19. The van der Waals surface area contributed by atoms with Crippen molar-refractivity contribution in [2.45, 2.75) is 13.3 Å². The van der Waals surface area contributed by atoms with E-state index in [4.69, 9.17) is 11.6 Å². The minimum Gasteiger partial charge on any atom is -0.493 e. The van der Waals surface area contributed by atoms with Gasteiger partial charge in [0.1, 0.15) is 5.82 Å². The molecule has 0 saturated heterocycles. The van der Waals surface area contributed by atoms with E-state index in [0.29, 0.717) is 28.4 Å². The molecule has 0 aliphatic rings. The number of H-pyrrole nitrogens is 1. The Balaban J connectivity index is 2.54. The van der Waals surface area contributed by atoms with Crippen molar-refractivity contribution in [2.75, 3.05) is 0 Å². The topological polar surface area (TPSA) is 66.0 Å². The molecule has 0 bridgehead atoms. The van der Waals surface area contributed by atoms with Gasteiger partial charge in [0.2, 0.25) is 5.88 Å². The Morgan fingerprint density at radius 1 is 1.35 bits per heavy atom. The molecule has 0 fully saturated rings. The summed E-state index contributed by atoms with van der Waals surface area (Å²) >= 11 is 5.77. The van der Waals surface area contributed by atoms with Crippen LogP contribution in [0.1, 0.15) is 12.5 Å². The van der Waals surface area contributed by atoms with Crippen molar-refractivity contribution in [1.82, 2.24) is 9.97 Å². The molecule has 4 nitrogen and oxygen atoms in total. The van der Waals surface area contributed by atoms with Gasteiger partial charge in [0.15, 0.2) is 0 Å². The summed E-state index contributed by atoms with van der Waals surface area (Å²) in [5, 5.41) is 10.2. The van der Waals surface area contributed by atoms with E-state index in [1.807, 2.05) is 0 Å². The molecule has 2 N–H and O–H groups in total. The average molecular weight is 251 g/mol. The van der Waals surface area contributed by atoms with Crippen LogP contribution in [-0.4, -0.2) is 15.1 Å². The zero-order valence-corrected chi connectivity index (χ0v) is 9.95. The molecule has 0 amide bonds. The van der Waals surface area contributed by atoms with Crippen LogP contribution in [0.25, 0.3) is 11.4 Å². The normalized spacial score (nSPS) is 10.5. The fraction of sp³-hybridized carbons (Fsp3) is 0.167. The molecule has 0 unspecified atom stereocenters. The Morgan fingerprint density at radius 2 is 2.00 bits per heavy atom. The number of rotatable bonds is 2. The summed E-state index contributed by atoms with van der Waals surface area (Å²) < 4.78 is 0. The summed E-state index contributed by atoms with van der Waals surface area (Å²) in [6.45, 7) is 1.79. The lowest BCUT2D eigenvalue weighted by atomic mass is 10.2. The number of hydrogen-bond acceptors (Lipinski definition) is 3. The lowest BCUT2D eigenvalue weighted by Gasteiger charge is -2.04. The van der Waals surface area contributed by atoms with Gasteiger partial charge < -0.3 is 10.1 Å². The number of halogens is 1. The van der Waals surface area contributed by atoms with E-state index >= 15 is 0 Å². The lowest BCUT2D eigenvalue weighted by Crippen LogP contribution is -2.14. The number of nitrogens with one attached hydrogen (secondary N) is 1. The molecular formula is C12H11ClN2O2. The molecular weight excluding hydrogens is 240 g/mol. The molecule has 1 aromatic carbocycles. The van der Waals surface area contributed by atoms with E-state index in [-0.39, 0.29) is 11.4 Å². The molecule has 0 radical (unpaired) electrons. The van der Waals surface area contributed by atoms with Crippen LogP contribution in [0.5, 0.6) is 5.88 Å². The van der Waals surface area contributed by atoms with Gasteiger partial charge in [-0.1, -0.05) is 18.5 Å². The molecule has 0 spiro atoms. The summed E-state index contributed by atoms with van der Waals surface area (Å²) in [5.41, 5.74) is 0.678. The Labute approximate surface area is 103 Å². The van der Waals surface area contributed by atoms with E-state index in [9.17, 15) is 9.90 Å². The Kier molecular flexibility index (Phi) is 3.15. The SMILES string of the molecule is CCc1c(O)nc(-c2ccc(Cl)cc2)[nH]c1=O. The van der Waals surface area contributed by atoms with Crippen LogP contribution in [0, 0.1) is 0 Å². The first-order valence-electron chi connectivity index (χ1n) is 5.20. The summed E-state index contributed by atoms with van der Waals surface area (Å²) in [6, 6.07) is 6.85. The zero-order chi connectivity index (χ0) is 12.4. The van der Waals surface area contributed by atoms with E-state index in [1.54, 1.807) is 31.2 Å². The number of aromatic nitrogens is 2. The fourth-order valence-corrected chi connectivity index (χ4v) is 1.67. The van der Waals surface area contributed by atoms with Gasteiger partial charge in [-0.05, 0) is 30.7 Å². The van der Waals surface area contributed by atoms with Crippen LogP contribution in [-0.2, 0) is 6.42 Å². The molecule has 0 atom stereocenters. The van der Waals surface area contributed by atoms with E-state index < -0.39 is 0 Å². The molecule has 0 aliphatic heterocycles. The molecule has 1 heterocycles. The molecule has 2 rings (SSSR count). The first kappa shape index (κ1) is 11.7. The predicted octanol–water partition coefficient (Wildman–Crippen LogP) is 2.36. The first-order chi connectivity index (χ1) is 8.11. The van der Waals surface area contributed by atoms with Crippen LogP contribution < -0.4 is 5.56 Å². The third kappa shape index (κ3) is 2.31. The maximum atomic E-state index is 11.7. The van der Waals surface area contributed by atoms with Gasteiger partial charge in [0.05, 0.1) is 5.56 Å².